The Bertz CT molecular complexity index is 1260. The van der Waals surface area contributed by atoms with Crippen molar-refractivity contribution < 1.29 is 28.9 Å². The van der Waals surface area contributed by atoms with Gasteiger partial charge >= 0.3 is 0 Å². The van der Waals surface area contributed by atoms with Gasteiger partial charge in [0, 0.05) is 11.3 Å². The number of hydrogen-bond acceptors (Lipinski definition) is 6. The van der Waals surface area contributed by atoms with Crippen LogP contribution in [0.5, 0.6) is 0 Å². The predicted octanol–water partition coefficient (Wildman–Crippen LogP) is 4.59. The number of benzene rings is 3. The molecule has 1 aliphatic rings. The van der Waals surface area contributed by atoms with E-state index in [1.807, 2.05) is 66.7 Å². The van der Waals surface area contributed by atoms with Gasteiger partial charge in [-0.05, 0) is 36.3 Å². The maximum atomic E-state index is 13.0. The zero-order valence-electron chi connectivity index (χ0n) is 21.2. The molecule has 1 heterocycles. The number of amides is 1. The van der Waals surface area contributed by atoms with E-state index in [0.717, 1.165) is 11.1 Å². The molecule has 0 unspecified atom stereocenters. The van der Waals surface area contributed by atoms with Crippen molar-refractivity contribution in [3.05, 3.63) is 126 Å². The van der Waals surface area contributed by atoms with Gasteiger partial charge in [-0.3, -0.25) is 9.59 Å². The van der Waals surface area contributed by atoms with E-state index in [9.17, 15) is 14.7 Å². The third-order valence-corrected chi connectivity index (χ3v) is 6.08. The van der Waals surface area contributed by atoms with Gasteiger partial charge in [-0.2, -0.15) is 0 Å². The second-order valence-corrected chi connectivity index (χ2v) is 8.89. The lowest BCUT2D eigenvalue weighted by molar-refractivity contribution is -0.143. The molecule has 4 rings (SSSR count). The van der Waals surface area contributed by atoms with E-state index in [2.05, 4.69) is 5.32 Å². The molecule has 0 spiro atoms. The second-order valence-electron chi connectivity index (χ2n) is 8.89. The first-order valence-corrected chi connectivity index (χ1v) is 12.4. The number of ketones is 1. The zero-order valence-corrected chi connectivity index (χ0v) is 21.2. The number of Topliss-reactive ketones (excluding diaryl/α,β-unsaturated/α-hetero) is 1. The summed E-state index contributed by atoms with van der Waals surface area (Å²) in [4.78, 5) is 25.6. The van der Waals surface area contributed by atoms with Crippen LogP contribution >= 0.6 is 0 Å². The summed E-state index contributed by atoms with van der Waals surface area (Å²) < 4.78 is 18.4. The number of nitrogens with one attached hydrogen (secondary N) is 1. The molecule has 2 N–H and O–H groups in total. The Kier molecular flexibility index (Phi) is 9.59. The number of carbonyl (C=O) groups is 2. The Morgan fingerprint density at radius 3 is 1.97 bits per heavy atom. The van der Waals surface area contributed by atoms with Crippen molar-refractivity contribution in [3.63, 3.8) is 0 Å². The molecule has 3 aromatic carbocycles. The minimum Gasteiger partial charge on any atom is -0.492 e. The molecule has 0 fully saturated rings. The molecular formula is C31H31NO6. The van der Waals surface area contributed by atoms with Crippen LogP contribution in [-0.2, 0) is 37.0 Å². The largest absolute Gasteiger partial charge is 0.492 e. The fourth-order valence-corrected chi connectivity index (χ4v) is 4.08. The van der Waals surface area contributed by atoms with E-state index in [-0.39, 0.29) is 25.4 Å². The molecule has 0 radical (unpaired) electrons. The van der Waals surface area contributed by atoms with Gasteiger partial charge in [0.1, 0.15) is 18.3 Å². The normalized spacial score (nSPS) is 19.3. The smallest absolute Gasteiger partial charge is 0.259 e. The van der Waals surface area contributed by atoms with Gasteiger partial charge in [-0.25, -0.2) is 0 Å². The van der Waals surface area contributed by atoms with Crippen LogP contribution in [0.2, 0.25) is 0 Å². The topological polar surface area (TPSA) is 94.1 Å². The van der Waals surface area contributed by atoms with Crippen LogP contribution in [0.4, 0.5) is 5.69 Å². The lowest BCUT2D eigenvalue weighted by Crippen LogP contribution is -2.47. The molecule has 38 heavy (non-hydrogen) atoms. The highest BCUT2D eigenvalue weighted by Crippen LogP contribution is 2.28. The Morgan fingerprint density at radius 2 is 1.42 bits per heavy atom. The quantitative estimate of drug-likeness (QED) is 0.221. The Balaban J connectivity index is 1.63. The molecule has 0 saturated carbocycles. The van der Waals surface area contributed by atoms with Crippen molar-refractivity contribution in [2.24, 2.45) is 0 Å². The summed E-state index contributed by atoms with van der Waals surface area (Å²) in [7, 11) is 0. The highest BCUT2D eigenvalue weighted by atomic mass is 16.6. The van der Waals surface area contributed by atoms with Crippen molar-refractivity contribution >= 4 is 17.4 Å². The Morgan fingerprint density at radius 1 is 0.868 bits per heavy atom. The molecule has 3 atom stereocenters. The molecule has 1 aliphatic heterocycles. The van der Waals surface area contributed by atoms with Gasteiger partial charge in [0.25, 0.3) is 5.91 Å². The van der Waals surface area contributed by atoms with Crippen LogP contribution in [0.15, 0.2) is 114 Å². The number of rotatable bonds is 11. The fraction of sp³-hybridized carbons (Fsp3) is 0.226. The van der Waals surface area contributed by atoms with Crippen molar-refractivity contribution in [1.29, 1.82) is 0 Å². The van der Waals surface area contributed by atoms with E-state index >= 15 is 0 Å². The van der Waals surface area contributed by atoms with E-state index in [4.69, 9.17) is 14.2 Å². The highest BCUT2D eigenvalue weighted by molar-refractivity contribution is 6.23. The van der Waals surface area contributed by atoms with Crippen molar-refractivity contribution in [2.45, 2.75) is 38.4 Å². The molecule has 0 bridgehead atoms. The minimum atomic E-state index is -0.719. The molecule has 0 aliphatic carbocycles. The summed E-state index contributed by atoms with van der Waals surface area (Å²) in [5.41, 5.74) is 2.86. The summed E-state index contributed by atoms with van der Waals surface area (Å²) in [6, 6.07) is 28.2. The molecule has 7 nitrogen and oxygen atoms in total. The average Bonchev–Trinajstić information content (AvgIpc) is 2.95. The summed E-state index contributed by atoms with van der Waals surface area (Å²) in [5.74, 6) is -0.954. The van der Waals surface area contributed by atoms with Gasteiger partial charge in [0.05, 0.1) is 31.7 Å². The first-order chi connectivity index (χ1) is 18.5. The number of anilines is 1. The minimum absolute atomic E-state index is 0.0544. The summed E-state index contributed by atoms with van der Waals surface area (Å²) >= 11 is 0. The molecule has 0 saturated heterocycles. The van der Waals surface area contributed by atoms with Crippen LogP contribution in [0, 0.1) is 0 Å². The van der Waals surface area contributed by atoms with E-state index in [1.165, 1.54) is 19.3 Å². The summed E-state index contributed by atoms with van der Waals surface area (Å²) in [6.45, 7) is 1.56. The van der Waals surface area contributed by atoms with Crippen LogP contribution < -0.4 is 5.32 Å². The lowest BCUT2D eigenvalue weighted by Gasteiger charge is -2.36. The molecule has 196 valence electrons. The number of ether oxygens (including phenoxy) is 3. The maximum absolute atomic E-state index is 13.0. The standard InChI is InChI=1S/C31H31NO6/c1-22(34)27(31(35)32-26-15-9-4-10-16-26)17-25-21-36-28(18-33)30(38-20-24-13-7-3-8-14-24)29(25)37-19-23-11-5-2-6-12-23/h2-17,21,28-30,33H,18-20H2,1H3,(H,32,35)/b27-17+/t28-,29+,30-/m0/s1. The average molecular weight is 514 g/mol. The van der Waals surface area contributed by atoms with Crippen molar-refractivity contribution in [1.82, 2.24) is 0 Å². The highest BCUT2D eigenvalue weighted by Gasteiger charge is 2.38. The van der Waals surface area contributed by atoms with Crippen LogP contribution in [0.25, 0.3) is 0 Å². The number of aliphatic hydroxyl groups excluding tert-OH is 1. The van der Waals surface area contributed by atoms with Crippen LogP contribution in [-0.4, -0.2) is 41.7 Å². The number of carbonyl (C=O) groups excluding carboxylic acids is 2. The fourth-order valence-electron chi connectivity index (χ4n) is 4.08. The Labute approximate surface area is 222 Å². The predicted molar refractivity (Wildman–Crippen MR) is 144 cm³/mol. The Hall–Kier alpha value is -4.04. The maximum Gasteiger partial charge on any atom is 0.259 e. The number of hydrogen-bond donors (Lipinski definition) is 2. The lowest BCUT2D eigenvalue weighted by atomic mass is 9.95. The van der Waals surface area contributed by atoms with Gasteiger partial charge in [0.2, 0.25) is 0 Å². The van der Waals surface area contributed by atoms with Crippen LogP contribution in [0.3, 0.4) is 0 Å². The van der Waals surface area contributed by atoms with Crippen LogP contribution in [0.1, 0.15) is 18.1 Å². The molecule has 0 aromatic heterocycles. The summed E-state index contributed by atoms with van der Waals surface area (Å²) in [5, 5.41) is 12.8. The van der Waals surface area contributed by atoms with Gasteiger partial charge in [-0.15, -0.1) is 0 Å². The first-order valence-electron chi connectivity index (χ1n) is 12.4. The zero-order chi connectivity index (χ0) is 26.7. The summed E-state index contributed by atoms with van der Waals surface area (Å²) in [6.07, 6.45) is 0.783. The van der Waals surface area contributed by atoms with Crippen molar-refractivity contribution in [2.75, 3.05) is 11.9 Å². The molecule has 3 aromatic rings. The molecular weight excluding hydrogens is 482 g/mol. The monoisotopic (exact) mass is 513 g/mol. The van der Waals surface area contributed by atoms with E-state index in [1.54, 1.807) is 24.3 Å². The third kappa shape index (κ3) is 7.26. The van der Waals surface area contributed by atoms with Gasteiger partial charge in [0.15, 0.2) is 5.78 Å². The van der Waals surface area contributed by atoms with E-state index in [0.29, 0.717) is 11.3 Å². The molecule has 7 heteroatoms. The second kappa shape index (κ2) is 13.5. The SMILES string of the molecule is CC(=O)/C(=C\C1=CO[C@@H](CO)[C@H](OCc2ccccc2)[C@@H]1OCc1ccccc1)C(=O)Nc1ccccc1. The van der Waals surface area contributed by atoms with Crippen molar-refractivity contribution in [3.8, 4) is 0 Å². The van der Waals surface area contributed by atoms with Gasteiger partial charge < -0.3 is 24.6 Å². The van der Waals surface area contributed by atoms with E-state index < -0.39 is 30.0 Å². The first kappa shape index (κ1) is 27.0. The number of aliphatic hydroxyl groups is 1. The third-order valence-electron chi connectivity index (χ3n) is 6.08. The molecule has 1 amide bonds. The number of para-hydroxylation sites is 1. The van der Waals surface area contributed by atoms with Gasteiger partial charge in [-0.1, -0.05) is 78.9 Å².